The highest BCUT2D eigenvalue weighted by Gasteiger charge is 2.33. The quantitative estimate of drug-likeness (QED) is 0.709. The molecule has 7 heteroatoms. The molecular formula is C21H23N3O3S. The van der Waals surface area contributed by atoms with E-state index in [1.165, 1.54) is 3.97 Å². The number of hydrogen-bond donors (Lipinski definition) is 2. The molecule has 0 radical (unpaired) electrons. The Hall–Kier alpha value is -2.64. The van der Waals surface area contributed by atoms with Crippen molar-refractivity contribution in [2.75, 3.05) is 0 Å². The van der Waals surface area contributed by atoms with Crippen LogP contribution in [0.2, 0.25) is 0 Å². The molecule has 146 valence electrons. The van der Waals surface area contributed by atoms with E-state index < -0.39 is 22.0 Å². The van der Waals surface area contributed by atoms with Gasteiger partial charge in [0.25, 0.3) is 10.0 Å². The van der Waals surface area contributed by atoms with Crippen LogP contribution in [0, 0.1) is 20.8 Å². The number of primary amides is 1. The molecule has 0 fully saturated rings. The second-order valence-electron chi connectivity index (χ2n) is 7.38. The van der Waals surface area contributed by atoms with E-state index in [0.29, 0.717) is 22.5 Å². The van der Waals surface area contributed by atoms with Crippen molar-refractivity contribution in [1.82, 2.24) is 9.29 Å². The van der Waals surface area contributed by atoms with E-state index in [-0.39, 0.29) is 6.54 Å². The van der Waals surface area contributed by atoms with Crippen molar-refractivity contribution in [3.05, 3.63) is 64.3 Å². The van der Waals surface area contributed by atoms with Gasteiger partial charge in [0.15, 0.2) is 0 Å². The average Bonchev–Trinajstić information content (AvgIpc) is 3.00. The van der Waals surface area contributed by atoms with Crippen molar-refractivity contribution in [2.45, 2.75) is 44.7 Å². The summed E-state index contributed by atoms with van der Waals surface area (Å²) in [6, 6.07) is 10.4. The predicted octanol–water partition coefficient (Wildman–Crippen LogP) is 2.30. The number of nitrogens with two attached hydrogens (primary N) is 1. The molecule has 4 rings (SSSR count). The van der Waals surface area contributed by atoms with Crippen LogP contribution in [0.3, 0.4) is 0 Å². The smallest absolute Gasteiger partial charge is 0.268 e. The first-order chi connectivity index (χ1) is 13.2. The molecule has 3 aromatic rings. The second kappa shape index (κ2) is 6.46. The number of carbonyl (C=O) groups is 1. The number of fused-ring (bicyclic) bond motifs is 3. The number of aromatic nitrogens is 1. The van der Waals surface area contributed by atoms with Crippen LogP contribution in [0.1, 0.15) is 27.9 Å². The zero-order valence-corrected chi connectivity index (χ0v) is 16.9. The van der Waals surface area contributed by atoms with E-state index >= 15 is 0 Å². The van der Waals surface area contributed by atoms with Crippen LogP contribution in [-0.2, 0) is 27.8 Å². The van der Waals surface area contributed by atoms with Crippen LogP contribution in [0.5, 0.6) is 0 Å². The van der Waals surface area contributed by atoms with Crippen molar-refractivity contribution in [2.24, 2.45) is 5.73 Å². The first kappa shape index (κ1) is 18.7. The fourth-order valence-corrected chi connectivity index (χ4v) is 5.88. The van der Waals surface area contributed by atoms with Gasteiger partial charge in [-0.25, -0.2) is 12.4 Å². The van der Waals surface area contributed by atoms with Gasteiger partial charge in [-0.1, -0.05) is 24.3 Å². The molecule has 6 nitrogen and oxygen atoms in total. The number of carbonyl (C=O) groups excluding carboxylic acids is 1. The molecular weight excluding hydrogens is 374 g/mol. The molecule has 0 aliphatic carbocycles. The Morgan fingerprint density at radius 3 is 2.54 bits per heavy atom. The zero-order chi connectivity index (χ0) is 20.2. The zero-order valence-electron chi connectivity index (χ0n) is 16.1. The lowest BCUT2D eigenvalue weighted by Gasteiger charge is -2.23. The minimum atomic E-state index is -3.81. The Balaban J connectivity index is 2.00. The normalized spacial score (nSPS) is 16.9. The molecule has 0 saturated heterocycles. The third-order valence-electron chi connectivity index (χ3n) is 5.84. The fourth-order valence-electron chi connectivity index (χ4n) is 4.02. The van der Waals surface area contributed by atoms with Gasteiger partial charge in [0.1, 0.15) is 0 Å². The van der Waals surface area contributed by atoms with Crippen LogP contribution in [-0.4, -0.2) is 24.3 Å². The number of nitrogens with one attached hydrogen (secondary N) is 1. The number of aryl methyl sites for hydroxylation is 1. The highest BCUT2D eigenvalue weighted by molar-refractivity contribution is 7.90. The van der Waals surface area contributed by atoms with Crippen molar-refractivity contribution in [3.63, 3.8) is 0 Å². The number of benzene rings is 2. The summed E-state index contributed by atoms with van der Waals surface area (Å²) in [6.45, 7) is 6.01. The minimum absolute atomic E-state index is 0.265. The van der Waals surface area contributed by atoms with Gasteiger partial charge in [0.2, 0.25) is 5.91 Å². The summed E-state index contributed by atoms with van der Waals surface area (Å²) in [4.78, 5) is 12.0. The third kappa shape index (κ3) is 2.65. The maximum atomic E-state index is 13.7. The Morgan fingerprint density at radius 2 is 1.82 bits per heavy atom. The van der Waals surface area contributed by atoms with Gasteiger partial charge in [0.05, 0.1) is 22.1 Å². The van der Waals surface area contributed by atoms with Gasteiger partial charge < -0.3 is 5.73 Å². The second-order valence-corrected chi connectivity index (χ2v) is 9.14. The highest BCUT2D eigenvalue weighted by atomic mass is 32.2. The summed E-state index contributed by atoms with van der Waals surface area (Å²) in [6.07, 6.45) is 0.375. The molecule has 3 N–H and O–H groups in total. The SMILES string of the molecule is Cc1ccc(S(=O)(=O)n2c3c(c4ccccc42)CC(C(N)=O)NC3)c(C)c1C. The fraction of sp³-hybridized carbons (Fsp3) is 0.286. The molecule has 0 spiro atoms. The minimum Gasteiger partial charge on any atom is -0.368 e. The van der Waals surface area contributed by atoms with Crippen molar-refractivity contribution < 1.29 is 13.2 Å². The standard InChI is InChI=1S/C21H23N3O3S/c1-12-8-9-20(14(3)13(12)2)28(26,27)24-18-7-5-4-6-15(18)16-10-17(21(22)25)23-11-19(16)24/h4-9,17,23H,10-11H2,1-3H3,(H2,22,25). The number of para-hydroxylation sites is 1. The van der Waals surface area contributed by atoms with E-state index in [1.54, 1.807) is 12.1 Å². The molecule has 2 heterocycles. The van der Waals surface area contributed by atoms with E-state index in [4.69, 9.17) is 5.73 Å². The van der Waals surface area contributed by atoms with Crippen LogP contribution in [0.4, 0.5) is 0 Å². The topological polar surface area (TPSA) is 94.2 Å². The Labute approximate surface area is 164 Å². The highest BCUT2D eigenvalue weighted by Crippen LogP contribution is 2.34. The van der Waals surface area contributed by atoms with Gasteiger partial charge in [-0.3, -0.25) is 10.1 Å². The maximum absolute atomic E-state index is 13.7. The van der Waals surface area contributed by atoms with Crippen LogP contribution >= 0.6 is 0 Å². The molecule has 1 atom stereocenters. The monoisotopic (exact) mass is 397 g/mol. The summed E-state index contributed by atoms with van der Waals surface area (Å²) in [5.74, 6) is -0.435. The number of nitrogens with zero attached hydrogens (tertiary/aromatic N) is 1. The number of hydrogen-bond acceptors (Lipinski definition) is 4. The van der Waals surface area contributed by atoms with Crippen molar-refractivity contribution in [3.8, 4) is 0 Å². The molecule has 0 bridgehead atoms. The molecule has 0 saturated carbocycles. The Kier molecular flexibility index (Phi) is 4.32. The first-order valence-electron chi connectivity index (χ1n) is 9.19. The molecule has 1 aliphatic rings. The average molecular weight is 398 g/mol. The maximum Gasteiger partial charge on any atom is 0.268 e. The summed E-state index contributed by atoms with van der Waals surface area (Å²) in [5, 5.41) is 3.92. The lowest BCUT2D eigenvalue weighted by molar-refractivity contribution is -0.120. The van der Waals surface area contributed by atoms with Gasteiger partial charge in [0, 0.05) is 11.9 Å². The number of amides is 1. The molecule has 1 unspecified atom stereocenters. The van der Waals surface area contributed by atoms with Gasteiger partial charge >= 0.3 is 0 Å². The molecule has 1 aliphatic heterocycles. The Morgan fingerprint density at radius 1 is 1.11 bits per heavy atom. The summed E-state index contributed by atoms with van der Waals surface area (Å²) >= 11 is 0. The van der Waals surface area contributed by atoms with Crippen LogP contribution < -0.4 is 11.1 Å². The number of rotatable bonds is 3. The first-order valence-corrected chi connectivity index (χ1v) is 10.6. The molecule has 1 aromatic heterocycles. The van der Waals surface area contributed by atoms with Gasteiger partial charge in [-0.05, 0) is 61.6 Å². The summed E-state index contributed by atoms with van der Waals surface area (Å²) in [7, 11) is -3.81. The molecule has 1 amide bonds. The Bertz CT molecular complexity index is 1230. The largest absolute Gasteiger partial charge is 0.368 e. The lowest BCUT2D eigenvalue weighted by atomic mass is 9.98. The predicted molar refractivity (Wildman–Crippen MR) is 109 cm³/mol. The van der Waals surface area contributed by atoms with Gasteiger partial charge in [-0.15, -0.1) is 0 Å². The van der Waals surface area contributed by atoms with E-state index in [9.17, 15) is 13.2 Å². The third-order valence-corrected chi connectivity index (χ3v) is 7.73. The van der Waals surface area contributed by atoms with Crippen LogP contribution in [0.25, 0.3) is 10.9 Å². The van der Waals surface area contributed by atoms with Gasteiger partial charge in [-0.2, -0.15) is 0 Å². The van der Waals surface area contributed by atoms with E-state index in [0.717, 1.165) is 27.6 Å². The summed E-state index contributed by atoms with van der Waals surface area (Å²) in [5.41, 5.74) is 10.4. The van der Waals surface area contributed by atoms with Crippen LogP contribution in [0.15, 0.2) is 41.3 Å². The van der Waals surface area contributed by atoms with Crippen molar-refractivity contribution >= 4 is 26.8 Å². The molecule has 2 aromatic carbocycles. The van der Waals surface area contributed by atoms with Crippen molar-refractivity contribution in [1.29, 1.82) is 0 Å². The summed E-state index contributed by atoms with van der Waals surface area (Å²) < 4.78 is 28.9. The van der Waals surface area contributed by atoms with E-state index in [1.807, 2.05) is 45.0 Å². The lowest BCUT2D eigenvalue weighted by Crippen LogP contribution is -2.45. The van der Waals surface area contributed by atoms with E-state index in [2.05, 4.69) is 5.32 Å². The molecule has 28 heavy (non-hydrogen) atoms.